The van der Waals surface area contributed by atoms with Crippen molar-refractivity contribution in [2.75, 3.05) is 51.8 Å². The van der Waals surface area contributed by atoms with Crippen LogP contribution in [0, 0.1) is 0 Å². The Morgan fingerprint density at radius 1 is 1.29 bits per heavy atom. The summed E-state index contributed by atoms with van der Waals surface area (Å²) in [6, 6.07) is 0.760. The summed E-state index contributed by atoms with van der Waals surface area (Å²) in [6.45, 7) is 4.50. The van der Waals surface area contributed by atoms with E-state index in [1.54, 1.807) is 0 Å². The lowest BCUT2D eigenvalue weighted by Crippen LogP contribution is -2.39. The quantitative estimate of drug-likeness (QED) is 0.776. The maximum Gasteiger partial charge on any atom is 0.0304 e. The molecule has 2 rings (SSSR count). The number of nitrogens with one attached hydrogen (secondary N) is 2. The Morgan fingerprint density at radius 2 is 2.18 bits per heavy atom. The van der Waals surface area contributed by atoms with Gasteiger partial charge in [-0.15, -0.1) is 0 Å². The second kappa shape index (κ2) is 10.1. The molecule has 0 aromatic carbocycles. The van der Waals surface area contributed by atoms with E-state index in [1.165, 1.54) is 43.9 Å². The van der Waals surface area contributed by atoms with E-state index >= 15 is 0 Å². The smallest absolute Gasteiger partial charge is 0.0304 e. The first-order valence-corrected chi connectivity index (χ1v) is 7.79. The summed E-state index contributed by atoms with van der Waals surface area (Å²) in [5.74, 6) is 2.59. The third kappa shape index (κ3) is 8.85. The van der Waals surface area contributed by atoms with E-state index in [2.05, 4.69) is 46.9 Å². The van der Waals surface area contributed by atoms with Crippen molar-refractivity contribution < 1.29 is 0 Å². The third-order valence-electron chi connectivity index (χ3n) is 2.84. The van der Waals surface area contributed by atoms with Crippen molar-refractivity contribution in [3.8, 4) is 0 Å². The first-order valence-electron chi connectivity index (χ1n) is 6.64. The SMILES string of the molecule is C1CCN[N]C1.CN(C)CCC1CSCCN1. The van der Waals surface area contributed by atoms with E-state index < -0.39 is 0 Å². The molecule has 0 aromatic heterocycles. The Labute approximate surface area is 110 Å². The molecular formula is C12H27N4S. The van der Waals surface area contributed by atoms with E-state index in [9.17, 15) is 0 Å². The average Bonchev–Trinajstić information content (AvgIpc) is 2.40. The summed E-state index contributed by atoms with van der Waals surface area (Å²) in [6.07, 6.45) is 3.86. The molecule has 101 valence electrons. The highest BCUT2D eigenvalue weighted by atomic mass is 32.2. The molecule has 4 nitrogen and oxygen atoms in total. The van der Waals surface area contributed by atoms with Gasteiger partial charge in [-0.3, -0.25) is 0 Å². The van der Waals surface area contributed by atoms with Gasteiger partial charge < -0.3 is 10.2 Å². The number of nitrogens with zero attached hydrogens (tertiary/aromatic N) is 2. The highest BCUT2D eigenvalue weighted by Gasteiger charge is 2.11. The summed E-state index contributed by atoms with van der Waals surface area (Å²) < 4.78 is 0. The molecule has 0 spiro atoms. The van der Waals surface area contributed by atoms with Crippen molar-refractivity contribution in [3.63, 3.8) is 0 Å². The van der Waals surface area contributed by atoms with Crippen LogP contribution in [0.15, 0.2) is 0 Å². The monoisotopic (exact) mass is 259 g/mol. The van der Waals surface area contributed by atoms with E-state index in [1.807, 2.05) is 0 Å². The van der Waals surface area contributed by atoms with Crippen molar-refractivity contribution in [2.24, 2.45) is 0 Å². The minimum Gasteiger partial charge on any atom is -0.312 e. The Morgan fingerprint density at radius 3 is 2.59 bits per heavy atom. The van der Waals surface area contributed by atoms with Crippen molar-refractivity contribution in [1.82, 2.24) is 21.1 Å². The highest BCUT2D eigenvalue weighted by Crippen LogP contribution is 2.09. The summed E-state index contributed by atoms with van der Waals surface area (Å²) in [5.41, 5.74) is 6.84. The van der Waals surface area contributed by atoms with Gasteiger partial charge in [0.15, 0.2) is 0 Å². The highest BCUT2D eigenvalue weighted by molar-refractivity contribution is 7.99. The maximum absolute atomic E-state index is 3.93. The summed E-state index contributed by atoms with van der Waals surface area (Å²) in [7, 11) is 4.27. The van der Waals surface area contributed by atoms with Crippen LogP contribution < -0.4 is 16.2 Å². The Bertz CT molecular complexity index is 156. The molecule has 0 aliphatic carbocycles. The molecule has 1 radical (unpaired) electrons. The molecule has 1 atom stereocenters. The molecule has 0 aromatic rings. The van der Waals surface area contributed by atoms with Gasteiger partial charge in [0.05, 0.1) is 0 Å². The molecule has 2 aliphatic rings. The molecule has 2 fully saturated rings. The van der Waals surface area contributed by atoms with Crippen LogP contribution in [0.2, 0.25) is 0 Å². The molecule has 2 heterocycles. The minimum absolute atomic E-state index is 0.760. The van der Waals surface area contributed by atoms with Crippen LogP contribution >= 0.6 is 11.8 Å². The standard InChI is InChI=1S/C8H18N2S.C4H9N2/c1-10(2)5-3-8-7-11-6-4-9-8;1-2-4-6-5-3-1/h8-9H,3-7H2,1-2H3;5H,1-4H2. The lowest BCUT2D eigenvalue weighted by Gasteiger charge is -2.24. The predicted molar refractivity (Wildman–Crippen MR) is 76.5 cm³/mol. The lowest BCUT2D eigenvalue weighted by molar-refractivity contribution is 0.369. The second-order valence-electron chi connectivity index (χ2n) is 4.81. The zero-order valence-corrected chi connectivity index (χ0v) is 12.1. The van der Waals surface area contributed by atoms with Crippen LogP contribution in [0.1, 0.15) is 19.3 Å². The molecule has 0 bridgehead atoms. The number of thioether (sulfide) groups is 1. The Balaban J connectivity index is 0.000000202. The molecule has 2 N–H and O–H groups in total. The molecular weight excluding hydrogens is 232 g/mol. The van der Waals surface area contributed by atoms with Gasteiger partial charge in [-0.2, -0.15) is 17.2 Å². The molecule has 5 heteroatoms. The zero-order valence-electron chi connectivity index (χ0n) is 11.2. The fourth-order valence-corrected chi connectivity index (χ4v) is 2.77. The van der Waals surface area contributed by atoms with Gasteiger partial charge in [0, 0.05) is 37.2 Å². The molecule has 0 amide bonds. The van der Waals surface area contributed by atoms with Crippen LogP contribution in [0.4, 0.5) is 0 Å². The summed E-state index contributed by atoms with van der Waals surface area (Å²) in [5, 5.41) is 3.53. The average molecular weight is 259 g/mol. The summed E-state index contributed by atoms with van der Waals surface area (Å²) >= 11 is 2.07. The normalized spacial score (nSPS) is 25.2. The van der Waals surface area contributed by atoms with Crippen molar-refractivity contribution >= 4 is 11.8 Å². The Hall–Kier alpha value is 0.190. The largest absolute Gasteiger partial charge is 0.312 e. The first-order chi connectivity index (χ1) is 8.29. The summed E-state index contributed by atoms with van der Waals surface area (Å²) in [4.78, 5) is 2.25. The lowest BCUT2D eigenvalue weighted by atomic mass is 10.2. The van der Waals surface area contributed by atoms with Crippen molar-refractivity contribution in [2.45, 2.75) is 25.3 Å². The maximum atomic E-state index is 3.93. The van der Waals surface area contributed by atoms with E-state index in [0.29, 0.717) is 0 Å². The van der Waals surface area contributed by atoms with Gasteiger partial charge in [-0.1, -0.05) is 0 Å². The van der Waals surface area contributed by atoms with E-state index in [0.717, 1.165) is 19.1 Å². The molecule has 2 aliphatic heterocycles. The molecule has 2 saturated heterocycles. The zero-order chi connectivity index (χ0) is 12.3. The Kier molecular flexibility index (Phi) is 9.10. The van der Waals surface area contributed by atoms with E-state index in [-0.39, 0.29) is 0 Å². The molecule has 1 unspecified atom stereocenters. The number of hydrogen-bond acceptors (Lipinski definition) is 4. The van der Waals surface area contributed by atoms with Gasteiger partial charge in [-0.25, -0.2) is 5.43 Å². The van der Waals surface area contributed by atoms with Gasteiger partial charge in [0.1, 0.15) is 0 Å². The number of hydrogen-bond donors (Lipinski definition) is 2. The second-order valence-corrected chi connectivity index (χ2v) is 5.96. The van der Waals surface area contributed by atoms with Crippen molar-refractivity contribution in [1.29, 1.82) is 0 Å². The van der Waals surface area contributed by atoms with Gasteiger partial charge in [-0.05, 0) is 39.9 Å². The van der Waals surface area contributed by atoms with Gasteiger partial charge in [0.2, 0.25) is 0 Å². The van der Waals surface area contributed by atoms with Crippen LogP contribution in [0.3, 0.4) is 0 Å². The third-order valence-corrected chi connectivity index (χ3v) is 3.97. The topological polar surface area (TPSA) is 41.4 Å². The fourth-order valence-electron chi connectivity index (χ4n) is 1.77. The molecule has 17 heavy (non-hydrogen) atoms. The predicted octanol–water partition coefficient (Wildman–Crippen LogP) is 0.532. The van der Waals surface area contributed by atoms with Crippen LogP contribution in [-0.2, 0) is 0 Å². The van der Waals surface area contributed by atoms with Crippen molar-refractivity contribution in [3.05, 3.63) is 0 Å². The van der Waals surface area contributed by atoms with Crippen LogP contribution in [-0.4, -0.2) is 62.7 Å². The van der Waals surface area contributed by atoms with Crippen LogP contribution in [0.5, 0.6) is 0 Å². The van der Waals surface area contributed by atoms with Crippen LogP contribution in [0.25, 0.3) is 0 Å². The fraction of sp³-hybridized carbons (Fsp3) is 1.00. The number of rotatable bonds is 3. The van der Waals surface area contributed by atoms with Gasteiger partial charge >= 0.3 is 0 Å². The first kappa shape index (κ1) is 15.2. The molecule has 0 saturated carbocycles. The minimum atomic E-state index is 0.760. The van der Waals surface area contributed by atoms with E-state index in [4.69, 9.17) is 0 Å². The van der Waals surface area contributed by atoms with Gasteiger partial charge in [0.25, 0.3) is 0 Å².